The number of benzene rings is 4. The first-order chi connectivity index (χ1) is 27.2. The van der Waals surface area contributed by atoms with Gasteiger partial charge in [0, 0.05) is 55.6 Å². The number of nitrogens with zero attached hydrogens (tertiary/aromatic N) is 3. The SMILES string of the molecule is [2H]C([2H])(CN1CCC(N(C(=O)C([2H])([2H])n2c(SCc3cccc(F)c3F)cc(=O)c3ccccc32)C([2H])(C)c2ccc(-c3ccc(C(F)(F)F)cc3)cc2)CC1)OC. The van der Waals surface area contributed by atoms with Crippen molar-refractivity contribution in [1.82, 2.24) is 14.4 Å². The Labute approximate surface area is 316 Å². The Morgan fingerprint density at radius 2 is 1.64 bits per heavy atom. The van der Waals surface area contributed by atoms with Gasteiger partial charge in [-0.05, 0) is 66.8 Å². The minimum Gasteiger partial charge on any atom is -0.383 e. The van der Waals surface area contributed by atoms with E-state index in [0.717, 1.165) is 45.5 Å². The maximum atomic E-state index is 15.1. The van der Waals surface area contributed by atoms with E-state index in [1.54, 1.807) is 36.4 Å². The summed E-state index contributed by atoms with van der Waals surface area (Å²) >= 11 is 0.839. The summed E-state index contributed by atoms with van der Waals surface area (Å²) in [7, 11) is 1.26. The van der Waals surface area contributed by atoms with E-state index < -0.39 is 59.8 Å². The van der Waals surface area contributed by atoms with Crippen LogP contribution < -0.4 is 5.43 Å². The topological polar surface area (TPSA) is 54.8 Å². The van der Waals surface area contributed by atoms with Crippen LogP contribution >= 0.6 is 11.8 Å². The van der Waals surface area contributed by atoms with E-state index in [1.807, 2.05) is 4.90 Å². The largest absolute Gasteiger partial charge is 0.416 e. The summed E-state index contributed by atoms with van der Waals surface area (Å²) in [6, 6.07) is 19.1. The highest BCUT2D eigenvalue weighted by Crippen LogP contribution is 2.34. The van der Waals surface area contributed by atoms with Crippen molar-refractivity contribution in [3.8, 4) is 11.1 Å². The highest BCUT2D eigenvalue weighted by Gasteiger charge is 2.33. The maximum Gasteiger partial charge on any atom is 0.416 e. The number of amides is 1. The van der Waals surface area contributed by atoms with E-state index in [0.29, 0.717) is 11.1 Å². The maximum absolute atomic E-state index is 15.1. The van der Waals surface area contributed by atoms with Gasteiger partial charge >= 0.3 is 6.18 Å². The number of carbonyl (C=O) groups is 1. The molecular weight excluding hydrogens is 710 g/mol. The summed E-state index contributed by atoms with van der Waals surface area (Å²) < 4.78 is 120. The molecule has 1 amide bonds. The molecule has 0 saturated carbocycles. The quantitative estimate of drug-likeness (QED) is 0.0941. The summed E-state index contributed by atoms with van der Waals surface area (Å²) in [6.07, 6.45) is -4.06. The monoisotopic (exact) mass is 754 g/mol. The highest BCUT2D eigenvalue weighted by molar-refractivity contribution is 7.98. The van der Waals surface area contributed by atoms with E-state index in [9.17, 15) is 30.9 Å². The molecule has 1 atom stereocenters. The molecule has 1 saturated heterocycles. The van der Waals surface area contributed by atoms with E-state index in [1.165, 1.54) is 50.4 Å². The smallest absolute Gasteiger partial charge is 0.383 e. The first-order valence-corrected chi connectivity index (χ1v) is 17.8. The number of methoxy groups -OCH3 is 1. The van der Waals surface area contributed by atoms with Gasteiger partial charge in [-0.2, -0.15) is 13.2 Å². The Morgan fingerprint density at radius 1 is 0.981 bits per heavy atom. The van der Waals surface area contributed by atoms with Gasteiger partial charge in [0.1, 0.15) is 6.50 Å². The van der Waals surface area contributed by atoms with Crippen molar-refractivity contribution in [1.29, 1.82) is 0 Å². The second-order valence-corrected chi connectivity index (χ2v) is 13.6. The molecule has 1 unspecified atom stereocenters. The number of piperidine rings is 1. The predicted octanol–water partition coefficient (Wildman–Crippen LogP) is 8.96. The van der Waals surface area contributed by atoms with Gasteiger partial charge in [-0.3, -0.25) is 9.59 Å². The van der Waals surface area contributed by atoms with Crippen LogP contribution in [0.25, 0.3) is 22.0 Å². The van der Waals surface area contributed by atoms with E-state index in [-0.39, 0.29) is 65.3 Å². The first kappa shape index (κ1) is 32.0. The number of fused-ring (bicyclic) bond motifs is 1. The van der Waals surface area contributed by atoms with Crippen LogP contribution in [0.4, 0.5) is 22.0 Å². The average molecular weight is 755 g/mol. The fourth-order valence-electron chi connectivity index (χ4n) is 6.41. The van der Waals surface area contributed by atoms with Crippen LogP contribution in [-0.2, 0) is 28.0 Å². The van der Waals surface area contributed by atoms with Crippen LogP contribution in [0.5, 0.6) is 0 Å². The summed E-state index contributed by atoms with van der Waals surface area (Å²) in [5, 5.41) is 0.0510. The fourth-order valence-corrected chi connectivity index (χ4v) is 7.40. The second kappa shape index (κ2) is 16.7. The Morgan fingerprint density at radius 3 is 2.30 bits per heavy atom. The molecule has 278 valence electrons. The van der Waals surface area contributed by atoms with Crippen molar-refractivity contribution in [2.45, 2.75) is 55.3 Å². The number of carbonyl (C=O) groups excluding carboxylic acids is 1. The van der Waals surface area contributed by atoms with Crippen LogP contribution in [-0.4, -0.2) is 59.6 Å². The lowest BCUT2D eigenvalue weighted by atomic mass is 9.96. The van der Waals surface area contributed by atoms with E-state index in [2.05, 4.69) is 0 Å². The molecular formula is C41H40F5N3O3S. The Bertz CT molecular complexity index is 2340. The molecule has 2 heterocycles. The van der Waals surface area contributed by atoms with Crippen LogP contribution in [0.3, 0.4) is 0 Å². The third kappa shape index (κ3) is 8.83. The first-order valence-electron chi connectivity index (χ1n) is 19.3. The number of hydrogen-bond donors (Lipinski definition) is 0. The Kier molecular flexibility index (Phi) is 10.0. The molecule has 12 heteroatoms. The van der Waals surface area contributed by atoms with Crippen molar-refractivity contribution < 1.29 is 38.3 Å². The number of alkyl halides is 3. The van der Waals surface area contributed by atoms with Crippen molar-refractivity contribution >= 4 is 28.6 Å². The fraction of sp³-hybridized carbons (Fsp3) is 0.317. The third-order valence-electron chi connectivity index (χ3n) is 9.28. The van der Waals surface area contributed by atoms with E-state index >= 15 is 4.79 Å². The average Bonchev–Trinajstić information content (AvgIpc) is 3.18. The normalized spacial score (nSPS) is 17.3. The Hall–Kier alpha value is -4.52. The number of thioether (sulfide) groups is 1. The molecule has 1 aliphatic rings. The molecule has 1 aliphatic heterocycles. The van der Waals surface area contributed by atoms with Gasteiger partial charge in [0.15, 0.2) is 17.1 Å². The van der Waals surface area contributed by atoms with Gasteiger partial charge in [-0.1, -0.05) is 60.7 Å². The van der Waals surface area contributed by atoms with Crippen LogP contribution in [0.2, 0.25) is 0 Å². The minimum absolute atomic E-state index is 0.0464. The third-order valence-corrected chi connectivity index (χ3v) is 10.3. The number of aromatic nitrogens is 1. The summed E-state index contributed by atoms with van der Waals surface area (Å²) in [5.74, 6) is -3.53. The molecule has 53 heavy (non-hydrogen) atoms. The van der Waals surface area contributed by atoms with Crippen LogP contribution in [0.15, 0.2) is 107 Å². The van der Waals surface area contributed by atoms with Crippen LogP contribution in [0, 0.1) is 11.6 Å². The molecule has 1 fully saturated rings. The number of rotatable bonds is 12. The van der Waals surface area contributed by atoms with Crippen molar-refractivity contribution in [3.63, 3.8) is 0 Å². The lowest BCUT2D eigenvalue weighted by molar-refractivity contribution is -0.138. The standard InChI is InChI=1S/C41H40F5N3O3S/c1-27(28-10-12-29(13-11-28)30-14-16-32(17-15-30)41(44,45)46)49(33-18-20-47(21-19-33)22-23-52-2)38(51)25-48-36-9-4-3-7-34(36)37(50)24-39(48)53-26-31-6-5-8-35(42)40(31)43/h3-17,24,27,33H,18-23,25-26H2,1-2H3/i23D2,25D2,27D. The van der Waals surface area contributed by atoms with E-state index in [4.69, 9.17) is 7.48 Å². The zero-order chi connectivity index (χ0) is 42.2. The summed E-state index contributed by atoms with van der Waals surface area (Å²) in [4.78, 5) is 31.4. The van der Waals surface area contributed by atoms with Gasteiger partial charge in [0.25, 0.3) is 0 Å². The number of para-hydroxylation sites is 1. The van der Waals surface area contributed by atoms with Gasteiger partial charge in [-0.15, -0.1) is 11.8 Å². The molecule has 1 aromatic heterocycles. The second-order valence-electron chi connectivity index (χ2n) is 12.6. The molecule has 4 aromatic carbocycles. The van der Waals surface area contributed by atoms with Gasteiger partial charge in [0.05, 0.1) is 35.5 Å². The van der Waals surface area contributed by atoms with Gasteiger partial charge < -0.3 is 19.1 Å². The predicted molar refractivity (Wildman–Crippen MR) is 198 cm³/mol. The number of ether oxygens (including phenoxy) is 1. The van der Waals surface area contributed by atoms with Crippen molar-refractivity contribution in [2.24, 2.45) is 0 Å². The molecule has 0 bridgehead atoms. The lowest BCUT2D eigenvalue weighted by Crippen LogP contribution is -2.49. The zero-order valence-electron chi connectivity index (χ0n) is 33.9. The molecule has 0 aliphatic carbocycles. The molecule has 6 rings (SSSR count). The highest BCUT2D eigenvalue weighted by atomic mass is 32.2. The number of hydrogen-bond acceptors (Lipinski definition) is 5. The lowest BCUT2D eigenvalue weighted by Gasteiger charge is -2.42. The molecule has 0 spiro atoms. The number of pyridine rings is 1. The van der Waals surface area contributed by atoms with Crippen LogP contribution in [0.1, 0.15) is 49.3 Å². The number of likely N-dealkylation sites (tertiary alicyclic amines) is 1. The Balaban J connectivity index is 1.41. The minimum atomic E-state index is -4.51. The molecule has 0 radical (unpaired) electrons. The molecule has 5 aromatic rings. The van der Waals surface area contributed by atoms with Gasteiger partial charge in [-0.25, -0.2) is 8.78 Å². The zero-order valence-corrected chi connectivity index (χ0v) is 29.7. The number of halogens is 5. The summed E-state index contributed by atoms with van der Waals surface area (Å²) in [6.45, 7) is -2.99. The molecule has 6 nitrogen and oxygen atoms in total. The van der Waals surface area contributed by atoms with Crippen molar-refractivity contribution in [3.05, 3.63) is 136 Å². The molecule has 0 N–H and O–H groups in total. The van der Waals surface area contributed by atoms with Crippen molar-refractivity contribution in [2.75, 3.05) is 33.3 Å². The van der Waals surface area contributed by atoms with Gasteiger partial charge in [0.2, 0.25) is 5.91 Å². The summed E-state index contributed by atoms with van der Waals surface area (Å²) in [5.41, 5.74) is -0.00108.